The fourth-order valence-corrected chi connectivity index (χ4v) is 10.5. The zero-order chi connectivity index (χ0) is 54.1. The van der Waals surface area contributed by atoms with Gasteiger partial charge >= 0.3 is 18.0 Å². The Kier molecular flexibility index (Phi) is 17.5. The zero-order valence-electron chi connectivity index (χ0n) is 44.8. The Hall–Kier alpha value is -7.41. The van der Waals surface area contributed by atoms with Crippen LogP contribution in [0, 0.1) is 0 Å². The molecule has 0 spiro atoms. The van der Waals surface area contributed by atoms with Crippen LogP contribution < -0.4 is 35.4 Å². The third kappa shape index (κ3) is 13.4. The van der Waals surface area contributed by atoms with Crippen molar-refractivity contribution in [3.63, 3.8) is 0 Å². The van der Waals surface area contributed by atoms with Gasteiger partial charge in [0.25, 0.3) is 11.1 Å². The van der Waals surface area contributed by atoms with E-state index in [1.807, 2.05) is 98.5 Å². The van der Waals surface area contributed by atoms with E-state index in [2.05, 4.69) is 27.2 Å². The molecule has 6 heterocycles. The topological polar surface area (TPSA) is 182 Å². The van der Waals surface area contributed by atoms with Gasteiger partial charge in [0.15, 0.2) is 23.0 Å². The van der Waals surface area contributed by atoms with E-state index in [1.54, 1.807) is 9.13 Å². The molecule has 4 aromatic carbocycles. The number of benzene rings is 4. The molecule has 0 unspecified atom stereocenters. The lowest BCUT2D eigenvalue weighted by Gasteiger charge is -2.39. The second kappa shape index (κ2) is 24.7. The zero-order valence-corrected chi connectivity index (χ0v) is 44.8. The molecule has 0 radical (unpaired) electrons. The molecule has 408 valence electrons. The summed E-state index contributed by atoms with van der Waals surface area (Å²) in [6.07, 6.45) is 3.34. The summed E-state index contributed by atoms with van der Waals surface area (Å²) >= 11 is 0. The fourth-order valence-electron chi connectivity index (χ4n) is 10.5. The highest BCUT2D eigenvalue weighted by atomic mass is 16.6. The van der Waals surface area contributed by atoms with E-state index in [1.165, 1.54) is 31.9 Å². The van der Waals surface area contributed by atoms with Crippen LogP contribution in [-0.4, -0.2) is 139 Å². The predicted molar refractivity (Wildman–Crippen MR) is 291 cm³/mol. The minimum atomic E-state index is -0.609. The van der Waals surface area contributed by atoms with Crippen molar-refractivity contribution < 1.29 is 47.5 Å². The first-order chi connectivity index (χ1) is 37.2. The quantitative estimate of drug-likeness (QED) is 0.0849. The second-order valence-corrected chi connectivity index (χ2v) is 20.7. The lowest BCUT2D eigenvalue weighted by molar-refractivity contribution is 0.00559. The van der Waals surface area contributed by atoms with Crippen LogP contribution in [0.2, 0.25) is 0 Å². The summed E-state index contributed by atoms with van der Waals surface area (Å²) in [6.45, 7) is 15.1. The monoisotopic (exact) mass is 1050 g/mol. The maximum Gasteiger partial charge on any atom is 0.410 e. The summed E-state index contributed by atoms with van der Waals surface area (Å²) in [6, 6.07) is 30.0. The molecular weight excluding hydrogens is 985 g/mol. The number of carbonyl (C=O) groups excluding carboxylic acids is 3. The molecular formula is C59H70N6O12. The van der Waals surface area contributed by atoms with Gasteiger partial charge in [-0.05, 0) is 107 Å². The van der Waals surface area contributed by atoms with E-state index >= 15 is 0 Å². The first-order valence-electron chi connectivity index (χ1n) is 26.6. The van der Waals surface area contributed by atoms with Gasteiger partial charge in [-0.25, -0.2) is 14.4 Å². The number of nitrogens with zero attached hydrogens (tertiary/aromatic N) is 5. The van der Waals surface area contributed by atoms with Crippen LogP contribution >= 0.6 is 0 Å². The van der Waals surface area contributed by atoms with Crippen LogP contribution in [0.15, 0.2) is 107 Å². The normalized spacial score (nSPS) is 16.1. The molecule has 1 amide bonds. The molecule has 0 aliphatic carbocycles. The number of aromatic nitrogens is 2. The van der Waals surface area contributed by atoms with Crippen LogP contribution in [0.1, 0.15) is 78.3 Å². The number of esters is 2. The molecule has 0 saturated carbocycles. The maximum atomic E-state index is 13.4. The largest absolute Gasteiger partial charge is 0.486 e. The Bertz CT molecular complexity index is 3190. The molecule has 77 heavy (non-hydrogen) atoms. The molecule has 2 fully saturated rings. The molecule has 2 aromatic heterocycles. The van der Waals surface area contributed by atoms with E-state index in [0.717, 1.165) is 92.9 Å². The highest BCUT2D eigenvalue weighted by Crippen LogP contribution is 2.33. The highest BCUT2D eigenvalue weighted by Gasteiger charge is 2.32. The van der Waals surface area contributed by atoms with Crippen LogP contribution in [0.3, 0.4) is 0 Å². The summed E-state index contributed by atoms with van der Waals surface area (Å²) < 4.78 is 41.7. The lowest BCUT2D eigenvalue weighted by atomic mass is 10.0. The van der Waals surface area contributed by atoms with Crippen molar-refractivity contribution in [1.82, 2.24) is 29.2 Å². The van der Waals surface area contributed by atoms with Gasteiger partial charge in [0.05, 0.1) is 36.4 Å². The van der Waals surface area contributed by atoms with Gasteiger partial charge in [-0.15, -0.1) is 0 Å². The van der Waals surface area contributed by atoms with Crippen molar-refractivity contribution in [2.24, 2.45) is 0 Å². The first-order valence-corrected chi connectivity index (χ1v) is 26.6. The summed E-state index contributed by atoms with van der Waals surface area (Å²) in [7, 11) is 2.64. The Morgan fingerprint density at radius 2 is 1.04 bits per heavy atom. The van der Waals surface area contributed by atoms with Gasteiger partial charge < -0.3 is 62.3 Å². The molecule has 2 saturated heterocycles. The van der Waals surface area contributed by atoms with E-state index in [9.17, 15) is 24.0 Å². The maximum absolute atomic E-state index is 13.4. The summed E-state index contributed by atoms with van der Waals surface area (Å²) in [5.74, 6) is 2.04. The molecule has 4 aliphatic heterocycles. The number of piperidine rings is 2. The Morgan fingerprint density at radius 3 is 1.53 bits per heavy atom. The number of hydrogen-bond acceptors (Lipinski definition) is 15. The van der Waals surface area contributed by atoms with Crippen molar-refractivity contribution in [2.45, 2.75) is 90.3 Å². The molecule has 18 nitrogen and oxygen atoms in total. The summed E-state index contributed by atoms with van der Waals surface area (Å²) in [5, 5.41) is 5.10. The van der Waals surface area contributed by atoms with Gasteiger partial charge in [0.1, 0.15) is 32.0 Å². The molecule has 0 bridgehead atoms. The minimum Gasteiger partial charge on any atom is -0.486 e. The molecule has 10 rings (SSSR count). The Labute approximate surface area is 448 Å². The minimum absolute atomic E-state index is 0.00666. The molecule has 4 aliphatic rings. The van der Waals surface area contributed by atoms with Gasteiger partial charge in [0, 0.05) is 87.3 Å². The van der Waals surface area contributed by atoms with Crippen molar-refractivity contribution in [3.05, 3.63) is 140 Å². The number of pyridine rings is 2. The number of hydrogen-bond donors (Lipinski definition) is 1. The number of fused-ring (bicyclic) bond motifs is 4. The first kappa shape index (κ1) is 54.4. The third-order valence-corrected chi connectivity index (χ3v) is 14.5. The number of likely N-dealkylation sites (tertiary alicyclic amines) is 2. The van der Waals surface area contributed by atoms with Gasteiger partial charge in [-0.3, -0.25) is 9.59 Å². The van der Waals surface area contributed by atoms with Gasteiger partial charge in [-0.1, -0.05) is 48.5 Å². The number of amides is 1. The molecule has 18 heteroatoms. The van der Waals surface area contributed by atoms with E-state index in [-0.39, 0.29) is 28.8 Å². The average molecular weight is 1060 g/mol. The Morgan fingerprint density at radius 1 is 0.584 bits per heavy atom. The predicted octanol–water partition coefficient (Wildman–Crippen LogP) is 7.27. The Balaban J connectivity index is 0.000000191. The number of ether oxygens (including phenoxy) is 7. The number of methoxy groups -OCH3 is 2. The number of para-hydroxylation sites is 2. The molecule has 6 aromatic rings. The average Bonchev–Trinajstić information content (AvgIpc) is 3.45. The van der Waals surface area contributed by atoms with Crippen LogP contribution in [0.4, 0.5) is 4.79 Å². The summed E-state index contributed by atoms with van der Waals surface area (Å²) in [5.41, 5.74) is 3.17. The molecule has 1 N–H and O–H groups in total. The third-order valence-electron chi connectivity index (χ3n) is 14.5. The smallest absolute Gasteiger partial charge is 0.410 e. The van der Waals surface area contributed by atoms with Crippen LogP contribution in [0.25, 0.3) is 21.8 Å². The van der Waals surface area contributed by atoms with E-state index < -0.39 is 17.5 Å². The second-order valence-electron chi connectivity index (χ2n) is 20.7. The van der Waals surface area contributed by atoms with E-state index in [4.69, 9.17) is 33.2 Å². The van der Waals surface area contributed by atoms with Crippen molar-refractivity contribution in [2.75, 3.05) is 79.9 Å². The van der Waals surface area contributed by atoms with Crippen molar-refractivity contribution >= 4 is 39.8 Å². The number of rotatable bonds is 14. The van der Waals surface area contributed by atoms with E-state index in [0.29, 0.717) is 86.6 Å². The van der Waals surface area contributed by atoms with Gasteiger partial charge in [0.2, 0.25) is 0 Å². The lowest BCUT2D eigenvalue weighted by Crippen LogP contribution is -2.49. The van der Waals surface area contributed by atoms with Crippen LogP contribution in [0.5, 0.6) is 23.0 Å². The number of nitrogens with one attached hydrogen (secondary N) is 1. The van der Waals surface area contributed by atoms with Crippen molar-refractivity contribution in [3.8, 4) is 23.0 Å². The number of carbonyl (C=O) groups is 3. The van der Waals surface area contributed by atoms with Gasteiger partial charge in [-0.2, -0.15) is 0 Å². The standard InChI is InChI=1S/C32H39N3O7.C27H31N3O5/c1-32(2,3)42-31(38)35(21-22-9-10-27-28(19-22)41-18-17-40-27)23-11-13-33(14-12-23)15-16-34-26-8-6-5-7-24(26)25(20-29(34)36)30(37)39-4;1-33-27(32)22-17-26(31)30(23-5-3-2-4-21(22)23)13-12-29-10-8-20(9-11-29)28-18-19-6-7-24-25(16-19)35-15-14-34-24/h5-10,19-20,23H,11-18,21H2,1-4H3;2-7,16-17,20,28H,8-15,18H2,1H3. The SMILES string of the molecule is COC(=O)c1cc(=O)n(CCN2CCC(N(Cc3ccc4c(c3)OCCO4)C(=O)OC(C)(C)C)CC2)c2ccccc12.COC(=O)c1cc(=O)n(CCN2CCC(NCc3ccc4c(c3)OCCO4)CC2)c2ccccc12. The van der Waals surface area contributed by atoms with Crippen molar-refractivity contribution in [1.29, 1.82) is 0 Å². The fraction of sp³-hybridized carbons (Fsp3) is 0.441. The van der Waals surface area contributed by atoms with Crippen LogP contribution in [-0.2, 0) is 40.4 Å². The summed E-state index contributed by atoms with van der Waals surface area (Å²) in [4.78, 5) is 70.1. The molecule has 0 atom stereocenters. The highest BCUT2D eigenvalue weighted by molar-refractivity contribution is 6.04.